The molecular formula is C22H27N3O3. The highest BCUT2D eigenvalue weighted by Crippen LogP contribution is 2.26. The van der Waals surface area contributed by atoms with Gasteiger partial charge in [0, 0.05) is 38.7 Å². The second-order valence-corrected chi connectivity index (χ2v) is 6.92. The van der Waals surface area contributed by atoms with Gasteiger partial charge >= 0.3 is 0 Å². The summed E-state index contributed by atoms with van der Waals surface area (Å²) in [5.41, 5.74) is 3.73. The molecule has 1 aliphatic rings. The van der Waals surface area contributed by atoms with E-state index in [2.05, 4.69) is 10.2 Å². The molecule has 6 heteroatoms. The van der Waals surface area contributed by atoms with Gasteiger partial charge in [-0.05, 0) is 31.2 Å². The van der Waals surface area contributed by atoms with E-state index in [1.165, 1.54) is 6.92 Å². The number of hydrogen-bond donors (Lipinski definition) is 1. The monoisotopic (exact) mass is 381 g/mol. The van der Waals surface area contributed by atoms with Crippen molar-refractivity contribution >= 4 is 28.9 Å². The number of nitrogens with one attached hydrogen (secondary N) is 1. The fraction of sp³-hybridized carbons (Fsp3) is 0.364. The zero-order valence-corrected chi connectivity index (χ0v) is 16.5. The fourth-order valence-corrected chi connectivity index (χ4v) is 3.28. The van der Waals surface area contributed by atoms with E-state index in [9.17, 15) is 9.59 Å². The molecular weight excluding hydrogens is 354 g/mol. The zero-order chi connectivity index (χ0) is 19.9. The lowest BCUT2D eigenvalue weighted by molar-refractivity contribution is -0.117. The van der Waals surface area contributed by atoms with Gasteiger partial charge in [0.25, 0.3) is 0 Å². The number of anilines is 3. The van der Waals surface area contributed by atoms with Gasteiger partial charge in [-0.1, -0.05) is 29.8 Å². The zero-order valence-electron chi connectivity index (χ0n) is 16.5. The Kier molecular flexibility index (Phi) is 6.66. The molecule has 3 rings (SSSR count). The maximum absolute atomic E-state index is 12.6. The summed E-state index contributed by atoms with van der Waals surface area (Å²) in [5.74, 6) is -0.190. The van der Waals surface area contributed by atoms with Gasteiger partial charge in [-0.25, -0.2) is 0 Å². The average molecular weight is 381 g/mol. The molecule has 0 unspecified atom stereocenters. The SMILES string of the molecule is CC(=O)N(CCC(=O)Nc1ccccc1N1CCOCC1)c1ccc(C)cc1. The van der Waals surface area contributed by atoms with E-state index in [1.807, 2.05) is 55.5 Å². The Morgan fingerprint density at radius 2 is 1.75 bits per heavy atom. The van der Waals surface area contributed by atoms with Gasteiger partial charge in [0.2, 0.25) is 11.8 Å². The summed E-state index contributed by atoms with van der Waals surface area (Å²) in [5, 5.41) is 3.00. The largest absolute Gasteiger partial charge is 0.378 e. The van der Waals surface area contributed by atoms with Gasteiger partial charge in [-0.15, -0.1) is 0 Å². The van der Waals surface area contributed by atoms with Crippen LogP contribution in [0.25, 0.3) is 0 Å². The number of ether oxygens (including phenoxy) is 1. The first-order chi connectivity index (χ1) is 13.5. The Balaban J connectivity index is 1.63. The summed E-state index contributed by atoms with van der Waals surface area (Å²) in [6, 6.07) is 15.5. The van der Waals surface area contributed by atoms with Gasteiger partial charge in [0.05, 0.1) is 24.6 Å². The number of hydrogen-bond acceptors (Lipinski definition) is 4. The fourth-order valence-electron chi connectivity index (χ4n) is 3.28. The van der Waals surface area contributed by atoms with Crippen LogP contribution in [0.5, 0.6) is 0 Å². The highest BCUT2D eigenvalue weighted by atomic mass is 16.5. The van der Waals surface area contributed by atoms with Crippen LogP contribution in [0.3, 0.4) is 0 Å². The summed E-state index contributed by atoms with van der Waals surface area (Å²) in [6.45, 7) is 6.84. The van der Waals surface area contributed by atoms with E-state index in [0.29, 0.717) is 19.8 Å². The molecule has 2 aromatic carbocycles. The van der Waals surface area contributed by atoms with Gasteiger partial charge in [-0.3, -0.25) is 9.59 Å². The number of carbonyl (C=O) groups excluding carboxylic acids is 2. The normalized spacial score (nSPS) is 13.9. The minimum Gasteiger partial charge on any atom is -0.378 e. The average Bonchev–Trinajstić information content (AvgIpc) is 2.70. The van der Waals surface area contributed by atoms with Crippen molar-refractivity contribution in [1.29, 1.82) is 0 Å². The van der Waals surface area contributed by atoms with Crippen molar-refractivity contribution < 1.29 is 14.3 Å². The third kappa shape index (κ3) is 5.10. The number of benzene rings is 2. The molecule has 1 N–H and O–H groups in total. The van der Waals surface area contributed by atoms with E-state index in [0.717, 1.165) is 35.7 Å². The maximum Gasteiger partial charge on any atom is 0.226 e. The molecule has 1 heterocycles. The summed E-state index contributed by atoms with van der Waals surface area (Å²) in [6.07, 6.45) is 0.227. The minimum atomic E-state index is -0.112. The highest BCUT2D eigenvalue weighted by molar-refractivity contribution is 5.96. The van der Waals surface area contributed by atoms with Crippen LogP contribution in [0.2, 0.25) is 0 Å². The summed E-state index contributed by atoms with van der Waals surface area (Å²) >= 11 is 0. The number of amides is 2. The van der Waals surface area contributed by atoms with Crippen LogP contribution < -0.4 is 15.1 Å². The first kappa shape index (κ1) is 19.9. The molecule has 0 aromatic heterocycles. The van der Waals surface area contributed by atoms with E-state index >= 15 is 0 Å². The Labute approximate surface area is 166 Å². The Hall–Kier alpha value is -2.86. The van der Waals surface area contributed by atoms with Crippen molar-refractivity contribution in [2.45, 2.75) is 20.3 Å². The Morgan fingerprint density at radius 1 is 1.07 bits per heavy atom. The van der Waals surface area contributed by atoms with E-state index in [4.69, 9.17) is 4.74 Å². The standard InChI is InChI=1S/C22H27N3O3/c1-17-7-9-19(10-8-17)25(18(2)26)12-11-22(27)23-20-5-3-4-6-21(20)24-13-15-28-16-14-24/h3-10H,11-16H2,1-2H3,(H,23,27). The molecule has 148 valence electrons. The third-order valence-corrected chi connectivity index (χ3v) is 4.82. The lowest BCUT2D eigenvalue weighted by Crippen LogP contribution is -2.37. The molecule has 0 radical (unpaired) electrons. The topological polar surface area (TPSA) is 61.9 Å². The first-order valence-corrected chi connectivity index (χ1v) is 9.61. The molecule has 1 saturated heterocycles. The van der Waals surface area contributed by atoms with E-state index in [1.54, 1.807) is 4.90 Å². The lowest BCUT2D eigenvalue weighted by atomic mass is 10.2. The molecule has 2 aromatic rings. The molecule has 0 bridgehead atoms. The Morgan fingerprint density at radius 3 is 2.43 bits per heavy atom. The quantitative estimate of drug-likeness (QED) is 0.835. The molecule has 2 amide bonds. The van der Waals surface area contributed by atoms with E-state index < -0.39 is 0 Å². The molecule has 6 nitrogen and oxygen atoms in total. The second kappa shape index (κ2) is 9.37. The first-order valence-electron chi connectivity index (χ1n) is 9.61. The van der Waals surface area contributed by atoms with E-state index in [-0.39, 0.29) is 18.2 Å². The summed E-state index contributed by atoms with van der Waals surface area (Å²) < 4.78 is 5.41. The number of para-hydroxylation sites is 2. The number of carbonyl (C=O) groups is 2. The van der Waals surface area contributed by atoms with Crippen LogP contribution in [-0.4, -0.2) is 44.7 Å². The van der Waals surface area contributed by atoms with Crippen LogP contribution in [0, 0.1) is 6.92 Å². The van der Waals surface area contributed by atoms with Gasteiger partial charge < -0.3 is 19.9 Å². The smallest absolute Gasteiger partial charge is 0.226 e. The van der Waals surface area contributed by atoms with Gasteiger partial charge in [-0.2, -0.15) is 0 Å². The van der Waals surface area contributed by atoms with Crippen molar-refractivity contribution in [2.24, 2.45) is 0 Å². The van der Waals surface area contributed by atoms with Crippen molar-refractivity contribution in [3.8, 4) is 0 Å². The van der Waals surface area contributed by atoms with Crippen LogP contribution in [0.1, 0.15) is 18.9 Å². The lowest BCUT2D eigenvalue weighted by Gasteiger charge is -2.30. The molecule has 28 heavy (non-hydrogen) atoms. The predicted molar refractivity (Wildman–Crippen MR) is 112 cm³/mol. The Bertz CT molecular complexity index is 814. The predicted octanol–water partition coefficient (Wildman–Crippen LogP) is 3.21. The minimum absolute atomic E-state index is 0.0784. The van der Waals surface area contributed by atoms with Crippen LogP contribution in [-0.2, 0) is 14.3 Å². The second-order valence-electron chi connectivity index (χ2n) is 6.92. The molecule has 1 fully saturated rings. The number of nitrogens with zero attached hydrogens (tertiary/aromatic N) is 2. The van der Waals surface area contributed by atoms with Crippen molar-refractivity contribution in [3.63, 3.8) is 0 Å². The molecule has 1 aliphatic heterocycles. The molecule has 0 saturated carbocycles. The van der Waals surface area contributed by atoms with Crippen molar-refractivity contribution in [3.05, 3.63) is 54.1 Å². The molecule has 0 atom stereocenters. The van der Waals surface area contributed by atoms with Crippen LogP contribution in [0.15, 0.2) is 48.5 Å². The number of aryl methyl sites for hydroxylation is 1. The highest BCUT2D eigenvalue weighted by Gasteiger charge is 2.17. The van der Waals surface area contributed by atoms with Gasteiger partial charge in [0.15, 0.2) is 0 Å². The maximum atomic E-state index is 12.6. The van der Waals surface area contributed by atoms with Crippen molar-refractivity contribution in [1.82, 2.24) is 0 Å². The molecule has 0 aliphatic carbocycles. The van der Waals surface area contributed by atoms with Crippen molar-refractivity contribution in [2.75, 3.05) is 48.0 Å². The summed E-state index contributed by atoms with van der Waals surface area (Å²) in [4.78, 5) is 28.5. The molecule has 0 spiro atoms. The van der Waals surface area contributed by atoms with Crippen LogP contribution in [0.4, 0.5) is 17.1 Å². The third-order valence-electron chi connectivity index (χ3n) is 4.82. The van der Waals surface area contributed by atoms with Gasteiger partial charge in [0.1, 0.15) is 0 Å². The number of rotatable bonds is 6. The summed E-state index contributed by atoms with van der Waals surface area (Å²) in [7, 11) is 0. The van der Waals surface area contributed by atoms with Crippen LogP contribution >= 0.6 is 0 Å². The number of morpholine rings is 1.